The summed E-state index contributed by atoms with van der Waals surface area (Å²) in [7, 11) is 2.11. The Kier molecular flexibility index (Phi) is 3.66. The predicted octanol–water partition coefficient (Wildman–Crippen LogP) is 0.722. The van der Waals surface area contributed by atoms with Gasteiger partial charge in [-0.3, -0.25) is 9.53 Å². The molecule has 6 heteroatoms. The van der Waals surface area contributed by atoms with Crippen LogP contribution in [0.15, 0.2) is 35.0 Å². The van der Waals surface area contributed by atoms with Gasteiger partial charge in [-0.25, -0.2) is 0 Å². The van der Waals surface area contributed by atoms with Crippen LogP contribution in [0.2, 0.25) is 0 Å². The molecule has 0 atom stereocenters. The molecule has 0 saturated carbocycles. The molecule has 0 amide bonds. The van der Waals surface area contributed by atoms with Gasteiger partial charge in [-0.2, -0.15) is 0 Å². The molecular formula is C14H18N4O2. The largest absolute Gasteiger partial charge is 0.359 e. The monoisotopic (exact) mass is 274 g/mol. The fraction of sp³-hybridized carbons (Fsp3) is 0.429. The van der Waals surface area contributed by atoms with Crippen LogP contribution in [0.1, 0.15) is 5.69 Å². The standard InChI is InChI=1S/C14H18N4O2/c1-16-7-9-17(10-8-16)11-13-14(15-20-18(13)19)12-5-3-2-4-6-12/h2-6H,7-11H2,1H3. The molecule has 0 radical (unpaired) electrons. The minimum Gasteiger partial charge on any atom is -0.359 e. The molecule has 0 N–H and O–H groups in total. The van der Waals surface area contributed by atoms with Crippen LogP contribution in [-0.4, -0.2) is 48.2 Å². The molecule has 1 aliphatic rings. The van der Waals surface area contributed by atoms with Crippen LogP contribution in [-0.2, 0) is 6.54 Å². The summed E-state index contributed by atoms with van der Waals surface area (Å²) in [5.41, 5.74) is 2.13. The number of hydrogen-bond acceptors (Lipinski definition) is 5. The van der Waals surface area contributed by atoms with Gasteiger partial charge < -0.3 is 10.1 Å². The second-order valence-electron chi connectivity index (χ2n) is 5.17. The first kappa shape index (κ1) is 13.1. The van der Waals surface area contributed by atoms with Crippen molar-refractivity contribution in [3.8, 4) is 11.3 Å². The van der Waals surface area contributed by atoms with Crippen LogP contribution in [0.5, 0.6) is 0 Å². The summed E-state index contributed by atoms with van der Waals surface area (Å²) in [6.45, 7) is 4.52. The van der Waals surface area contributed by atoms with Gasteiger partial charge in [-0.15, -0.1) is 0 Å². The van der Waals surface area contributed by atoms with Crippen molar-refractivity contribution in [1.29, 1.82) is 0 Å². The maximum atomic E-state index is 11.8. The Bertz CT molecular complexity index is 562. The highest BCUT2D eigenvalue weighted by Gasteiger charge is 2.24. The number of likely N-dealkylation sites (N-methyl/N-ethyl adjacent to an activating group) is 1. The quantitative estimate of drug-likeness (QED) is 0.772. The third-order valence-electron chi connectivity index (χ3n) is 3.72. The number of piperazine rings is 1. The molecule has 1 aliphatic heterocycles. The fourth-order valence-electron chi connectivity index (χ4n) is 2.43. The van der Waals surface area contributed by atoms with Gasteiger partial charge in [0.1, 0.15) is 0 Å². The highest BCUT2D eigenvalue weighted by Crippen LogP contribution is 2.20. The van der Waals surface area contributed by atoms with Gasteiger partial charge in [-0.1, -0.05) is 30.3 Å². The van der Waals surface area contributed by atoms with E-state index >= 15 is 0 Å². The van der Waals surface area contributed by atoms with E-state index < -0.39 is 0 Å². The molecule has 1 aromatic carbocycles. The molecule has 3 rings (SSSR count). The normalized spacial score (nSPS) is 17.4. The molecule has 6 nitrogen and oxygen atoms in total. The van der Waals surface area contributed by atoms with Crippen LogP contribution in [0.25, 0.3) is 11.3 Å². The van der Waals surface area contributed by atoms with Crippen molar-refractivity contribution >= 4 is 0 Å². The molecule has 0 unspecified atom stereocenters. The van der Waals surface area contributed by atoms with Gasteiger partial charge in [0.05, 0.1) is 6.54 Å². The summed E-state index contributed by atoms with van der Waals surface area (Å²) in [5, 5.41) is 15.7. The lowest BCUT2D eigenvalue weighted by Crippen LogP contribution is -2.45. The molecule has 2 aromatic rings. The van der Waals surface area contributed by atoms with E-state index in [1.54, 1.807) is 0 Å². The molecule has 0 aliphatic carbocycles. The van der Waals surface area contributed by atoms with Gasteiger partial charge in [-0.05, 0) is 12.0 Å². The lowest BCUT2D eigenvalue weighted by Gasteiger charge is -2.31. The zero-order valence-corrected chi connectivity index (χ0v) is 11.5. The third kappa shape index (κ3) is 2.66. The summed E-state index contributed by atoms with van der Waals surface area (Å²) >= 11 is 0. The van der Waals surface area contributed by atoms with E-state index in [9.17, 15) is 5.21 Å². The van der Waals surface area contributed by atoms with E-state index in [-0.39, 0.29) is 0 Å². The Balaban J connectivity index is 1.81. The molecule has 2 heterocycles. The topological polar surface area (TPSA) is 59.5 Å². The maximum Gasteiger partial charge on any atom is 0.252 e. The number of hydrogen-bond donors (Lipinski definition) is 0. The summed E-state index contributed by atoms with van der Waals surface area (Å²) in [5.74, 6) is 0. The summed E-state index contributed by atoms with van der Waals surface area (Å²) in [6, 6.07) is 9.67. The van der Waals surface area contributed by atoms with Crippen molar-refractivity contribution in [3.63, 3.8) is 0 Å². The third-order valence-corrected chi connectivity index (χ3v) is 3.72. The summed E-state index contributed by atoms with van der Waals surface area (Å²) < 4.78 is 4.79. The zero-order valence-electron chi connectivity index (χ0n) is 11.5. The van der Waals surface area contributed by atoms with Crippen molar-refractivity contribution < 1.29 is 9.53 Å². The molecular weight excluding hydrogens is 256 g/mol. The number of rotatable bonds is 3. The first-order valence-corrected chi connectivity index (χ1v) is 6.79. The van der Waals surface area contributed by atoms with Gasteiger partial charge in [0.2, 0.25) is 5.69 Å². The van der Waals surface area contributed by atoms with E-state index in [1.807, 2.05) is 30.3 Å². The van der Waals surface area contributed by atoms with Crippen LogP contribution in [0.4, 0.5) is 0 Å². The zero-order chi connectivity index (χ0) is 13.9. The highest BCUT2D eigenvalue weighted by molar-refractivity contribution is 5.59. The second kappa shape index (κ2) is 5.60. The number of aromatic nitrogens is 2. The maximum absolute atomic E-state index is 11.8. The Morgan fingerprint density at radius 1 is 1.20 bits per heavy atom. The van der Waals surface area contributed by atoms with Crippen molar-refractivity contribution in [1.82, 2.24) is 15.0 Å². The SMILES string of the molecule is CN1CCN(Cc2c(-c3ccccc3)no[n+]2[O-])CC1. The average molecular weight is 274 g/mol. The Labute approximate surface area is 117 Å². The van der Waals surface area contributed by atoms with Gasteiger partial charge in [0, 0.05) is 36.9 Å². The molecule has 1 saturated heterocycles. The number of nitrogens with zero attached hydrogens (tertiary/aromatic N) is 4. The lowest BCUT2D eigenvalue weighted by molar-refractivity contribution is -0.808. The lowest BCUT2D eigenvalue weighted by atomic mass is 10.1. The van der Waals surface area contributed by atoms with E-state index in [2.05, 4.69) is 22.0 Å². The van der Waals surface area contributed by atoms with Gasteiger partial charge in [0.15, 0.2) is 0 Å². The minimum absolute atomic E-state index is 0.528. The molecule has 106 valence electrons. The Morgan fingerprint density at radius 3 is 2.60 bits per heavy atom. The summed E-state index contributed by atoms with van der Waals surface area (Å²) in [4.78, 5) is 5.07. The first-order valence-electron chi connectivity index (χ1n) is 6.79. The van der Waals surface area contributed by atoms with Crippen molar-refractivity contribution in [2.75, 3.05) is 33.2 Å². The van der Waals surface area contributed by atoms with Gasteiger partial charge >= 0.3 is 0 Å². The van der Waals surface area contributed by atoms with Crippen LogP contribution in [0.3, 0.4) is 0 Å². The fourth-order valence-corrected chi connectivity index (χ4v) is 2.43. The first-order chi connectivity index (χ1) is 9.74. The van der Waals surface area contributed by atoms with Crippen LogP contribution in [0, 0.1) is 5.21 Å². The van der Waals surface area contributed by atoms with E-state index in [4.69, 9.17) is 4.63 Å². The van der Waals surface area contributed by atoms with Crippen molar-refractivity contribution in [2.45, 2.75) is 6.54 Å². The molecule has 1 aromatic heterocycles. The molecule has 0 spiro atoms. The Morgan fingerprint density at radius 2 is 1.90 bits per heavy atom. The number of benzene rings is 1. The van der Waals surface area contributed by atoms with E-state index in [0.717, 1.165) is 31.7 Å². The molecule has 1 fully saturated rings. The summed E-state index contributed by atoms with van der Waals surface area (Å²) in [6.07, 6.45) is 0. The average Bonchev–Trinajstić information content (AvgIpc) is 2.84. The van der Waals surface area contributed by atoms with E-state index in [1.165, 1.54) is 0 Å². The van der Waals surface area contributed by atoms with Gasteiger partial charge in [0.25, 0.3) is 5.69 Å². The van der Waals surface area contributed by atoms with E-state index in [0.29, 0.717) is 22.8 Å². The van der Waals surface area contributed by atoms with Crippen LogP contribution >= 0.6 is 0 Å². The Hall–Kier alpha value is -1.92. The van der Waals surface area contributed by atoms with Crippen molar-refractivity contribution in [2.24, 2.45) is 0 Å². The highest BCUT2D eigenvalue weighted by atomic mass is 16.8. The second-order valence-corrected chi connectivity index (χ2v) is 5.17. The van der Waals surface area contributed by atoms with Crippen LogP contribution < -0.4 is 4.90 Å². The smallest absolute Gasteiger partial charge is 0.252 e. The van der Waals surface area contributed by atoms with Crippen molar-refractivity contribution in [3.05, 3.63) is 41.2 Å². The molecule has 0 bridgehead atoms. The molecule has 20 heavy (non-hydrogen) atoms. The predicted molar refractivity (Wildman–Crippen MR) is 73.7 cm³/mol. The minimum atomic E-state index is 0.528.